The van der Waals surface area contributed by atoms with Gasteiger partial charge < -0.3 is 20.5 Å². The Morgan fingerprint density at radius 2 is 2.18 bits per heavy atom. The van der Waals surface area contributed by atoms with Gasteiger partial charge in [0.15, 0.2) is 0 Å². The van der Waals surface area contributed by atoms with Crippen molar-refractivity contribution in [3.63, 3.8) is 0 Å². The highest BCUT2D eigenvalue weighted by Gasteiger charge is 2.07. The highest BCUT2D eigenvalue weighted by atomic mass is 79.9. The van der Waals surface area contributed by atoms with Crippen LogP contribution in [0.15, 0.2) is 22.7 Å². The molecule has 2 amide bonds. The number of hydrogen-bond acceptors (Lipinski definition) is 3. The number of benzene rings is 1. The molecule has 1 rings (SSSR count). The number of carbonyl (C=O) groups is 2. The summed E-state index contributed by atoms with van der Waals surface area (Å²) in [5, 5.41) is 13.1. The normalized spacial score (nSPS) is 9.53. The molecule has 0 heterocycles. The summed E-state index contributed by atoms with van der Waals surface area (Å²) in [6.07, 6.45) is 0. The zero-order valence-electron chi connectivity index (χ0n) is 8.99. The fraction of sp³-hybridized carbons (Fsp3) is 0.200. The number of nitrogens with one attached hydrogen (secondary N) is 2. The molecule has 0 aliphatic rings. The number of anilines is 1. The lowest BCUT2D eigenvalue weighted by Gasteiger charge is -2.09. The largest absolute Gasteiger partial charge is 0.497 e. The summed E-state index contributed by atoms with van der Waals surface area (Å²) < 4.78 is 5.67. The monoisotopic (exact) mass is 302 g/mol. The van der Waals surface area contributed by atoms with Gasteiger partial charge in [-0.3, -0.25) is 4.79 Å². The summed E-state index contributed by atoms with van der Waals surface area (Å²) >= 11 is 3.25. The van der Waals surface area contributed by atoms with Crippen LogP contribution in [-0.2, 0) is 4.79 Å². The second-order valence-corrected chi connectivity index (χ2v) is 3.90. The Balaban J connectivity index is 2.67. The molecule has 3 N–H and O–H groups in total. The minimum absolute atomic E-state index is 0.437. The lowest BCUT2D eigenvalue weighted by Crippen LogP contribution is -2.33. The van der Waals surface area contributed by atoms with Crippen LogP contribution < -0.4 is 15.4 Å². The SMILES string of the molecule is COc1ccc(Br)c(NC(=O)NCC(=O)O)c1. The van der Waals surface area contributed by atoms with E-state index in [-0.39, 0.29) is 0 Å². The van der Waals surface area contributed by atoms with Crippen molar-refractivity contribution >= 4 is 33.6 Å². The average molecular weight is 303 g/mol. The predicted octanol–water partition coefficient (Wildman–Crippen LogP) is 1.66. The molecule has 0 saturated heterocycles. The van der Waals surface area contributed by atoms with Crippen LogP contribution in [0.1, 0.15) is 0 Å². The number of ether oxygens (including phenoxy) is 1. The molecule has 17 heavy (non-hydrogen) atoms. The van der Waals surface area contributed by atoms with Crippen molar-refractivity contribution in [1.82, 2.24) is 5.32 Å². The molecule has 0 radical (unpaired) electrons. The van der Waals surface area contributed by atoms with Gasteiger partial charge in [-0.15, -0.1) is 0 Å². The molecular formula is C10H11BrN2O4. The van der Waals surface area contributed by atoms with E-state index >= 15 is 0 Å². The number of rotatable bonds is 4. The van der Waals surface area contributed by atoms with E-state index in [2.05, 4.69) is 26.6 Å². The smallest absolute Gasteiger partial charge is 0.323 e. The van der Waals surface area contributed by atoms with Gasteiger partial charge >= 0.3 is 12.0 Å². The molecule has 0 unspecified atom stereocenters. The molecule has 0 bridgehead atoms. The van der Waals surface area contributed by atoms with Crippen molar-refractivity contribution in [1.29, 1.82) is 0 Å². The van der Waals surface area contributed by atoms with Crippen molar-refractivity contribution in [3.05, 3.63) is 22.7 Å². The molecule has 0 aliphatic heterocycles. The van der Waals surface area contributed by atoms with Crippen LogP contribution in [0.25, 0.3) is 0 Å². The molecule has 0 fully saturated rings. The quantitative estimate of drug-likeness (QED) is 0.789. The summed E-state index contributed by atoms with van der Waals surface area (Å²) in [7, 11) is 1.51. The summed E-state index contributed by atoms with van der Waals surface area (Å²) in [6, 6.07) is 4.46. The zero-order chi connectivity index (χ0) is 12.8. The summed E-state index contributed by atoms with van der Waals surface area (Å²) in [4.78, 5) is 21.6. The zero-order valence-corrected chi connectivity index (χ0v) is 10.6. The van der Waals surface area contributed by atoms with Gasteiger partial charge in [0.05, 0.1) is 12.8 Å². The van der Waals surface area contributed by atoms with Gasteiger partial charge in [0.25, 0.3) is 0 Å². The highest BCUT2D eigenvalue weighted by molar-refractivity contribution is 9.10. The Bertz CT molecular complexity index is 436. The van der Waals surface area contributed by atoms with E-state index < -0.39 is 18.5 Å². The first-order chi connectivity index (χ1) is 8.02. The number of methoxy groups -OCH3 is 1. The van der Waals surface area contributed by atoms with Crippen LogP contribution in [0.5, 0.6) is 5.75 Å². The first-order valence-corrected chi connectivity index (χ1v) is 5.42. The van der Waals surface area contributed by atoms with Gasteiger partial charge in [0, 0.05) is 10.5 Å². The van der Waals surface area contributed by atoms with Crippen molar-refractivity contribution in [2.75, 3.05) is 19.0 Å². The Labute approximate surface area is 106 Å². The molecule has 0 spiro atoms. The van der Waals surface area contributed by atoms with Gasteiger partial charge in [-0.05, 0) is 28.1 Å². The average Bonchev–Trinajstić information content (AvgIpc) is 2.29. The number of aliphatic carboxylic acids is 1. The van der Waals surface area contributed by atoms with Gasteiger partial charge in [0.2, 0.25) is 0 Å². The topological polar surface area (TPSA) is 87.7 Å². The summed E-state index contributed by atoms with van der Waals surface area (Å²) in [5.74, 6) is -0.522. The predicted molar refractivity (Wildman–Crippen MR) is 65.4 cm³/mol. The Morgan fingerprint density at radius 3 is 2.76 bits per heavy atom. The second kappa shape index (κ2) is 6.09. The maximum Gasteiger partial charge on any atom is 0.323 e. The van der Waals surface area contributed by atoms with Gasteiger partial charge in [-0.2, -0.15) is 0 Å². The number of halogens is 1. The summed E-state index contributed by atoms with van der Waals surface area (Å²) in [5.41, 5.74) is 0.493. The molecule has 7 heteroatoms. The van der Waals surface area contributed by atoms with Crippen molar-refractivity contribution in [3.8, 4) is 5.75 Å². The maximum absolute atomic E-state index is 11.3. The van der Waals surface area contributed by atoms with E-state index in [1.807, 2.05) is 0 Å². The lowest BCUT2D eigenvalue weighted by molar-refractivity contribution is -0.135. The van der Waals surface area contributed by atoms with Gasteiger partial charge in [0.1, 0.15) is 12.3 Å². The highest BCUT2D eigenvalue weighted by Crippen LogP contribution is 2.26. The van der Waals surface area contributed by atoms with Gasteiger partial charge in [-0.25, -0.2) is 4.79 Å². The van der Waals surface area contributed by atoms with Crippen LogP contribution in [0.3, 0.4) is 0 Å². The third-order valence-electron chi connectivity index (χ3n) is 1.82. The third-order valence-corrected chi connectivity index (χ3v) is 2.51. The van der Waals surface area contributed by atoms with E-state index in [1.54, 1.807) is 18.2 Å². The van der Waals surface area contributed by atoms with Crippen LogP contribution >= 0.6 is 15.9 Å². The van der Waals surface area contributed by atoms with E-state index in [1.165, 1.54) is 7.11 Å². The summed E-state index contributed by atoms with van der Waals surface area (Å²) in [6.45, 7) is -0.437. The molecule has 0 aliphatic carbocycles. The third kappa shape index (κ3) is 4.31. The van der Waals surface area contributed by atoms with Crippen LogP contribution in [0.4, 0.5) is 10.5 Å². The standard InChI is InChI=1S/C10H11BrN2O4/c1-17-6-2-3-7(11)8(4-6)13-10(16)12-5-9(14)15/h2-4H,5H2,1H3,(H,14,15)(H2,12,13,16). The number of hydrogen-bond donors (Lipinski definition) is 3. The maximum atomic E-state index is 11.3. The van der Waals surface area contributed by atoms with Crippen LogP contribution in [-0.4, -0.2) is 30.8 Å². The van der Waals surface area contributed by atoms with Crippen molar-refractivity contribution < 1.29 is 19.4 Å². The Kier molecular flexibility index (Phi) is 4.77. The van der Waals surface area contributed by atoms with E-state index in [9.17, 15) is 9.59 Å². The number of carboxylic acids is 1. The van der Waals surface area contributed by atoms with E-state index in [0.717, 1.165) is 0 Å². The van der Waals surface area contributed by atoms with Gasteiger partial charge in [-0.1, -0.05) is 0 Å². The first kappa shape index (κ1) is 13.3. The molecular weight excluding hydrogens is 292 g/mol. The minimum atomic E-state index is -1.11. The van der Waals surface area contributed by atoms with Crippen molar-refractivity contribution in [2.45, 2.75) is 0 Å². The molecule has 1 aromatic carbocycles. The molecule has 6 nitrogen and oxygen atoms in total. The number of carbonyl (C=O) groups excluding carboxylic acids is 1. The number of amides is 2. The van der Waals surface area contributed by atoms with Crippen LogP contribution in [0.2, 0.25) is 0 Å². The second-order valence-electron chi connectivity index (χ2n) is 3.05. The molecule has 1 aromatic rings. The lowest BCUT2D eigenvalue weighted by atomic mass is 10.3. The fourth-order valence-electron chi connectivity index (χ4n) is 1.05. The minimum Gasteiger partial charge on any atom is -0.497 e. The molecule has 0 atom stereocenters. The molecule has 92 valence electrons. The first-order valence-electron chi connectivity index (χ1n) is 4.63. The molecule has 0 aromatic heterocycles. The Morgan fingerprint density at radius 1 is 1.47 bits per heavy atom. The number of urea groups is 1. The van der Waals surface area contributed by atoms with Crippen LogP contribution in [0, 0.1) is 0 Å². The molecule has 0 saturated carbocycles. The Hall–Kier alpha value is -1.76. The van der Waals surface area contributed by atoms with E-state index in [4.69, 9.17) is 9.84 Å². The van der Waals surface area contributed by atoms with E-state index in [0.29, 0.717) is 15.9 Å². The number of carboxylic acid groups (broad SMARTS) is 1. The van der Waals surface area contributed by atoms with Crippen molar-refractivity contribution in [2.24, 2.45) is 0 Å². The fourth-order valence-corrected chi connectivity index (χ4v) is 1.40.